The van der Waals surface area contributed by atoms with Crippen molar-refractivity contribution in [2.45, 2.75) is 66.1 Å². The van der Waals surface area contributed by atoms with Gasteiger partial charge >= 0.3 is 37.0 Å². The Bertz CT molecular complexity index is 6120. The summed E-state index contributed by atoms with van der Waals surface area (Å²) in [5, 5.41) is 56.2. The second kappa shape index (κ2) is 45.1. The SMILES string of the molecule is CCOC(=O)Cc1ccsc1N.CCOC(=O)Cc1ccsc1NC(=O)c1cc2ccoc2c(-c2cccc(CN)c2)n1.CCOC(=O)Cc1ccsc1NC(=O)c1cc2ccoc2c(Cl)n1.Cl.NCc1cccc(-c2nc(C(=O)Nc3sccc3CC(=O)O)cc3ccoc23)c1.NCc1cccc(B(O)O)c1.O=C(O)c1cc2ccoc2c(Cl)n1. The number of nitrogen functional groups attached to an aromatic ring is 1. The molecule has 15 aromatic rings. The Morgan fingerprint density at radius 2 is 0.769 bits per heavy atom. The fraction of sp³-hybridized carbons (Fsp3) is 0.157. The molecule has 15 N–H and O–H groups in total. The standard InChI is InChI=1S/C23H21N3O4S.C21H17N3O4S.C16H13ClN2O4S.C8H4ClNO3.C8H11NO2S.C7H10BNO2.ClH/c1-2-29-19(27)12-17-7-9-31-23(17)26-22(28)18-11-16-6-8-30-21(16)20(25-18)15-5-3-4-14(10-15)13-24;22-11-12-2-1-3-13(8-12)18-19-14(4-6-28-19)9-16(23-18)20(27)24-21-15(5-7-29-21)10-17(25)26;1-2-22-12(20)8-10-4-6-24-16(10)19-15(21)11-7-9-3-5-23-13(9)14(17)18-11;9-7-6-4(1-2-13-6)3-5(10-7)8(11)12;1-2-11-7(10)5-6-3-4-12-8(6)9;9-5-6-2-1-3-7(4-6)8(10)11;/h3-11H,2,12-13,24H2,1H3,(H,26,28);1-9H,10-11,22H2,(H,24,27)(H,25,26);3-7H,2,8H2,1H3,(H,19,21);1-3H,(H,11,12);3-4H,2,5,9H2,1H3;1-4,10-11H,5,9H2;1H. The van der Waals surface area contributed by atoms with E-state index in [0.29, 0.717) is 126 Å². The molecular formula is C83H77BCl3N11O19S4. The van der Waals surface area contributed by atoms with Crippen LogP contribution in [0.1, 0.15) is 102 Å². The maximum Gasteiger partial charge on any atom is 0.488 e. The number of carbonyl (C=O) groups excluding carboxylic acids is 6. The second-order valence-corrected chi connectivity index (χ2v) is 29.5. The zero-order valence-corrected chi connectivity index (χ0v) is 70.0. The van der Waals surface area contributed by atoms with Gasteiger partial charge in [-0.05, 0) is 172 Å². The number of anilines is 4. The van der Waals surface area contributed by atoms with E-state index < -0.39 is 30.9 Å². The second-order valence-electron chi connectivity index (χ2n) is 25.1. The molecule has 0 aliphatic rings. The fourth-order valence-corrected chi connectivity index (χ4v) is 14.9. The van der Waals surface area contributed by atoms with Gasteiger partial charge in [-0.2, -0.15) is 0 Å². The van der Waals surface area contributed by atoms with Crippen LogP contribution in [-0.2, 0) is 78.7 Å². The molecule has 0 spiro atoms. The van der Waals surface area contributed by atoms with Crippen LogP contribution in [0.25, 0.3) is 66.4 Å². The number of nitrogens with two attached hydrogens (primary N) is 4. The number of halogens is 3. The molecule has 0 aliphatic carbocycles. The molecule has 0 atom stereocenters. The van der Waals surface area contributed by atoms with E-state index in [1.165, 1.54) is 63.9 Å². The fourth-order valence-electron chi connectivity index (χ4n) is 11.3. The van der Waals surface area contributed by atoms with Gasteiger partial charge in [-0.3, -0.25) is 33.6 Å². The molecule has 30 nitrogen and oxygen atoms in total. The van der Waals surface area contributed by atoms with Gasteiger partial charge in [0.05, 0.1) is 90.6 Å². The summed E-state index contributed by atoms with van der Waals surface area (Å²) in [6.45, 7) is 7.54. The molecule has 3 aromatic carbocycles. The summed E-state index contributed by atoms with van der Waals surface area (Å²) in [5.74, 6) is -4.16. The first-order valence-electron chi connectivity index (χ1n) is 36.3. The molecule has 0 radical (unpaired) electrons. The van der Waals surface area contributed by atoms with E-state index in [9.17, 15) is 38.4 Å². The minimum atomic E-state index is -1.40. The summed E-state index contributed by atoms with van der Waals surface area (Å²) in [6, 6.07) is 42.5. The third-order valence-electron chi connectivity index (χ3n) is 16.9. The van der Waals surface area contributed by atoms with Gasteiger partial charge in [-0.25, -0.2) is 24.7 Å². The van der Waals surface area contributed by atoms with Crippen LogP contribution in [0.5, 0.6) is 0 Å². The summed E-state index contributed by atoms with van der Waals surface area (Å²) < 4.78 is 36.1. The van der Waals surface area contributed by atoms with Gasteiger partial charge in [0.15, 0.2) is 38.3 Å². The highest BCUT2D eigenvalue weighted by Crippen LogP contribution is 2.35. The van der Waals surface area contributed by atoms with E-state index in [2.05, 4.69) is 35.9 Å². The van der Waals surface area contributed by atoms with E-state index in [-0.39, 0.29) is 95.0 Å². The number of benzene rings is 3. The minimum Gasteiger partial charge on any atom is -0.481 e. The number of thiophene rings is 4. The van der Waals surface area contributed by atoms with E-state index >= 15 is 0 Å². The molecule has 0 fully saturated rings. The van der Waals surface area contributed by atoms with Gasteiger partial charge in [-0.1, -0.05) is 83.9 Å². The Hall–Kier alpha value is -12.5. The van der Waals surface area contributed by atoms with Crippen LogP contribution < -0.4 is 44.3 Å². The maximum atomic E-state index is 13.0. The number of hydrogen-bond donors (Lipinski definition) is 11. The summed E-state index contributed by atoms with van der Waals surface area (Å²) >= 11 is 17.1. The predicted octanol–water partition coefficient (Wildman–Crippen LogP) is 15.0. The third-order valence-corrected chi connectivity index (χ3v) is 20.8. The smallest absolute Gasteiger partial charge is 0.481 e. The van der Waals surface area contributed by atoms with Crippen molar-refractivity contribution in [2.75, 3.05) is 41.5 Å². The van der Waals surface area contributed by atoms with Crippen molar-refractivity contribution >= 4 is 205 Å². The Morgan fingerprint density at radius 3 is 1.14 bits per heavy atom. The van der Waals surface area contributed by atoms with Crippen molar-refractivity contribution in [1.82, 2.24) is 19.9 Å². The number of aliphatic carboxylic acids is 1. The van der Waals surface area contributed by atoms with E-state index in [1.807, 2.05) is 71.4 Å². The molecule has 3 amide bonds. The number of rotatable bonds is 24. The van der Waals surface area contributed by atoms with Crippen LogP contribution in [0.15, 0.2) is 210 Å². The normalized spacial score (nSPS) is 10.5. The van der Waals surface area contributed by atoms with E-state index in [1.54, 1.807) is 123 Å². The Kier molecular flexibility index (Phi) is 34.4. The molecule has 0 saturated heterocycles. The topological polar surface area (TPSA) is 489 Å². The zero-order chi connectivity index (χ0) is 85.9. The summed E-state index contributed by atoms with van der Waals surface area (Å²) in [4.78, 5) is 111. The number of carboxylic acid groups (broad SMARTS) is 2. The van der Waals surface area contributed by atoms with Crippen molar-refractivity contribution in [3.05, 3.63) is 264 Å². The molecule has 15 rings (SSSR count). The van der Waals surface area contributed by atoms with Gasteiger partial charge in [0.2, 0.25) is 0 Å². The predicted molar refractivity (Wildman–Crippen MR) is 469 cm³/mol. The van der Waals surface area contributed by atoms with E-state index in [4.69, 9.17) is 98.3 Å². The molecule has 626 valence electrons. The minimum absolute atomic E-state index is 0. The highest BCUT2D eigenvalue weighted by atomic mass is 35.5. The Morgan fingerprint density at radius 1 is 0.430 bits per heavy atom. The molecule has 38 heteroatoms. The lowest BCUT2D eigenvalue weighted by molar-refractivity contribution is -0.143. The van der Waals surface area contributed by atoms with E-state index in [0.717, 1.165) is 44.2 Å². The number of nitrogens with one attached hydrogen (secondary N) is 3. The molecule has 0 bridgehead atoms. The summed E-state index contributed by atoms with van der Waals surface area (Å²) in [5.41, 5.74) is 33.9. The summed E-state index contributed by atoms with van der Waals surface area (Å²) in [7, 11) is -1.40. The highest BCUT2D eigenvalue weighted by Gasteiger charge is 2.23. The van der Waals surface area contributed by atoms with Gasteiger partial charge < -0.3 is 91.0 Å². The zero-order valence-electron chi connectivity index (χ0n) is 64.4. The van der Waals surface area contributed by atoms with Crippen molar-refractivity contribution < 1.29 is 90.5 Å². The Labute approximate surface area is 722 Å². The van der Waals surface area contributed by atoms with Crippen molar-refractivity contribution in [2.24, 2.45) is 17.2 Å². The first-order chi connectivity index (χ1) is 57.9. The number of carbonyl (C=O) groups is 8. The number of aromatic carboxylic acids is 1. The first kappa shape index (κ1) is 92.4. The number of furan rings is 4. The van der Waals surface area contributed by atoms with Gasteiger partial charge in [0, 0.05) is 52.3 Å². The number of ether oxygens (including phenoxy) is 3. The Balaban J connectivity index is 0.000000172. The lowest BCUT2D eigenvalue weighted by Gasteiger charge is -2.09. The van der Waals surface area contributed by atoms with Crippen molar-refractivity contribution in [3.8, 4) is 22.5 Å². The first-order valence-corrected chi connectivity index (χ1v) is 40.6. The number of hydrogen-bond acceptors (Lipinski definition) is 29. The molecule has 12 heterocycles. The van der Waals surface area contributed by atoms with Crippen LogP contribution in [0.4, 0.5) is 20.0 Å². The molecular weight excluding hydrogens is 1700 g/mol. The average molecular weight is 1780 g/mol. The number of carboxylic acids is 2. The number of nitrogens with zero attached hydrogens (tertiary/aromatic N) is 4. The van der Waals surface area contributed by atoms with Gasteiger partial charge in [-0.15, -0.1) is 57.8 Å². The molecule has 0 saturated carbocycles. The van der Waals surface area contributed by atoms with Crippen LogP contribution in [-0.4, -0.2) is 115 Å². The molecule has 0 aliphatic heterocycles. The lowest BCUT2D eigenvalue weighted by atomic mass is 9.80. The van der Waals surface area contributed by atoms with Crippen LogP contribution in [0.2, 0.25) is 10.3 Å². The lowest BCUT2D eigenvalue weighted by Crippen LogP contribution is -2.30. The number of esters is 3. The average Bonchev–Trinajstić information content (AvgIpc) is 1.72. The molecule has 121 heavy (non-hydrogen) atoms. The molecule has 12 aromatic heterocycles. The largest absolute Gasteiger partial charge is 0.488 e. The monoisotopic (exact) mass is 1780 g/mol. The number of aromatic nitrogens is 4. The third kappa shape index (κ3) is 25.5. The number of pyridine rings is 4. The quantitative estimate of drug-likeness (QED) is 0.0116. The van der Waals surface area contributed by atoms with Crippen molar-refractivity contribution in [3.63, 3.8) is 0 Å². The van der Waals surface area contributed by atoms with Gasteiger partial charge in [0.1, 0.15) is 28.5 Å². The number of fused-ring (bicyclic) bond motifs is 4. The maximum absolute atomic E-state index is 13.0. The van der Waals surface area contributed by atoms with Crippen molar-refractivity contribution in [1.29, 1.82) is 0 Å². The number of amides is 3. The summed E-state index contributed by atoms with van der Waals surface area (Å²) in [6.07, 6.45) is 6.35. The van der Waals surface area contributed by atoms with Crippen LogP contribution >= 0.6 is 81.0 Å². The van der Waals surface area contributed by atoms with Crippen LogP contribution in [0.3, 0.4) is 0 Å². The van der Waals surface area contributed by atoms with Gasteiger partial charge in [0.25, 0.3) is 17.7 Å². The molecule has 0 unspecified atom stereocenters. The highest BCUT2D eigenvalue weighted by molar-refractivity contribution is 7.15. The van der Waals surface area contributed by atoms with Crippen LogP contribution in [0, 0.1) is 0 Å².